The molecule has 0 unspecified atom stereocenters. The molecular formula is C13H14N4O4. The van der Waals surface area contributed by atoms with Crippen LogP contribution in [0.4, 0.5) is 5.69 Å². The molecule has 2 aromatic rings. The van der Waals surface area contributed by atoms with E-state index in [2.05, 4.69) is 10.4 Å². The van der Waals surface area contributed by atoms with Crippen molar-refractivity contribution in [1.82, 2.24) is 15.1 Å². The number of nitro groups is 1. The summed E-state index contributed by atoms with van der Waals surface area (Å²) in [5.41, 5.74) is 0.357. The minimum Gasteiger partial charge on any atom is -0.396 e. The molecule has 2 rings (SSSR count). The van der Waals surface area contributed by atoms with Gasteiger partial charge in [-0.1, -0.05) is 12.1 Å². The third-order valence-corrected chi connectivity index (χ3v) is 2.77. The number of carbonyl (C=O) groups is 1. The Balaban J connectivity index is 2.20. The Morgan fingerprint density at radius 1 is 1.38 bits per heavy atom. The lowest BCUT2D eigenvalue weighted by molar-refractivity contribution is -0.384. The number of benzene rings is 1. The third kappa shape index (κ3) is 3.42. The molecule has 0 spiro atoms. The number of para-hydroxylation sites is 2. The average Bonchev–Trinajstić information content (AvgIpc) is 2.97. The highest BCUT2D eigenvalue weighted by atomic mass is 16.6. The molecule has 0 saturated carbocycles. The van der Waals surface area contributed by atoms with E-state index in [4.69, 9.17) is 5.11 Å². The van der Waals surface area contributed by atoms with Gasteiger partial charge in [-0.2, -0.15) is 5.10 Å². The summed E-state index contributed by atoms with van der Waals surface area (Å²) in [5.74, 6) is -0.388. The van der Waals surface area contributed by atoms with Crippen LogP contribution in [0.15, 0.2) is 36.5 Å². The number of nitro benzene ring substituents is 1. The van der Waals surface area contributed by atoms with Gasteiger partial charge in [0.25, 0.3) is 11.6 Å². The quantitative estimate of drug-likeness (QED) is 0.466. The maximum atomic E-state index is 11.8. The van der Waals surface area contributed by atoms with Crippen LogP contribution in [0.1, 0.15) is 16.9 Å². The van der Waals surface area contributed by atoms with Gasteiger partial charge in [-0.05, 0) is 18.6 Å². The molecule has 0 aliphatic carbocycles. The largest absolute Gasteiger partial charge is 0.396 e. The lowest BCUT2D eigenvalue weighted by Gasteiger charge is -2.03. The Hall–Kier alpha value is -2.74. The summed E-state index contributed by atoms with van der Waals surface area (Å²) in [6.07, 6.45) is 1.94. The van der Waals surface area contributed by atoms with Crippen molar-refractivity contribution in [2.75, 3.05) is 13.2 Å². The average molecular weight is 290 g/mol. The van der Waals surface area contributed by atoms with Crippen molar-refractivity contribution in [3.63, 3.8) is 0 Å². The highest BCUT2D eigenvalue weighted by Crippen LogP contribution is 2.21. The first-order valence-corrected chi connectivity index (χ1v) is 6.32. The molecule has 0 atom stereocenters. The number of hydrogen-bond acceptors (Lipinski definition) is 5. The fourth-order valence-corrected chi connectivity index (χ4v) is 1.76. The number of hydrogen-bond donors (Lipinski definition) is 2. The van der Waals surface area contributed by atoms with Crippen molar-refractivity contribution in [3.8, 4) is 5.69 Å². The predicted octanol–water partition coefficient (Wildman–Crippen LogP) is 0.893. The molecule has 8 nitrogen and oxygen atoms in total. The lowest BCUT2D eigenvalue weighted by Crippen LogP contribution is -2.25. The maximum Gasteiger partial charge on any atom is 0.294 e. The van der Waals surface area contributed by atoms with Crippen LogP contribution in [-0.2, 0) is 0 Å². The van der Waals surface area contributed by atoms with E-state index in [1.165, 1.54) is 23.0 Å². The molecule has 0 radical (unpaired) electrons. The molecule has 1 heterocycles. The van der Waals surface area contributed by atoms with Gasteiger partial charge in [0, 0.05) is 25.4 Å². The number of rotatable bonds is 6. The molecule has 1 amide bonds. The van der Waals surface area contributed by atoms with E-state index in [0.29, 0.717) is 13.0 Å². The van der Waals surface area contributed by atoms with Crippen LogP contribution in [0.2, 0.25) is 0 Å². The molecule has 8 heteroatoms. The van der Waals surface area contributed by atoms with Gasteiger partial charge >= 0.3 is 0 Å². The van der Waals surface area contributed by atoms with E-state index in [0.717, 1.165) is 0 Å². The second-order valence-electron chi connectivity index (χ2n) is 4.22. The van der Waals surface area contributed by atoms with Crippen LogP contribution in [-0.4, -0.2) is 38.9 Å². The summed E-state index contributed by atoms with van der Waals surface area (Å²) < 4.78 is 1.29. The zero-order chi connectivity index (χ0) is 15.2. The van der Waals surface area contributed by atoms with Crippen LogP contribution >= 0.6 is 0 Å². The molecule has 2 N–H and O–H groups in total. The summed E-state index contributed by atoms with van der Waals surface area (Å²) >= 11 is 0. The highest BCUT2D eigenvalue weighted by Gasteiger charge is 2.16. The fourth-order valence-electron chi connectivity index (χ4n) is 1.76. The maximum absolute atomic E-state index is 11.8. The van der Waals surface area contributed by atoms with Crippen LogP contribution < -0.4 is 5.32 Å². The number of aromatic nitrogens is 2. The summed E-state index contributed by atoms with van der Waals surface area (Å²) in [6, 6.07) is 7.63. The monoisotopic (exact) mass is 290 g/mol. The second kappa shape index (κ2) is 6.62. The zero-order valence-corrected chi connectivity index (χ0v) is 11.1. The van der Waals surface area contributed by atoms with Crippen molar-refractivity contribution in [2.24, 2.45) is 0 Å². The first kappa shape index (κ1) is 14.7. The Bertz CT molecular complexity index is 653. The standard InChI is InChI=1S/C13H14N4O4/c18-9-3-7-14-13(19)10-6-8-16(15-10)11-4-1-2-5-12(11)17(20)21/h1-2,4-6,8,18H,3,7,9H2,(H,14,19). The second-order valence-corrected chi connectivity index (χ2v) is 4.22. The van der Waals surface area contributed by atoms with Crippen molar-refractivity contribution in [2.45, 2.75) is 6.42 Å². The molecule has 0 aliphatic heterocycles. The van der Waals surface area contributed by atoms with Crippen LogP contribution in [0.25, 0.3) is 5.69 Å². The number of aliphatic hydroxyl groups excluding tert-OH is 1. The minimum absolute atomic E-state index is 0.00900. The SMILES string of the molecule is O=C(NCCCO)c1ccn(-c2ccccc2[N+](=O)[O-])n1. The molecular weight excluding hydrogens is 276 g/mol. The van der Waals surface area contributed by atoms with E-state index < -0.39 is 4.92 Å². The van der Waals surface area contributed by atoms with Gasteiger partial charge in [-0.25, -0.2) is 4.68 Å². The number of nitrogens with one attached hydrogen (secondary N) is 1. The number of carbonyl (C=O) groups excluding carboxylic acids is 1. The first-order valence-electron chi connectivity index (χ1n) is 6.32. The number of amides is 1. The first-order chi connectivity index (χ1) is 10.1. The van der Waals surface area contributed by atoms with Crippen LogP contribution in [0, 0.1) is 10.1 Å². The summed E-state index contributed by atoms with van der Waals surface area (Å²) in [7, 11) is 0. The van der Waals surface area contributed by atoms with Gasteiger partial charge in [-0.15, -0.1) is 0 Å². The van der Waals surface area contributed by atoms with Gasteiger partial charge in [0.1, 0.15) is 5.69 Å². The Kier molecular flexibility index (Phi) is 4.62. The van der Waals surface area contributed by atoms with Crippen LogP contribution in [0.3, 0.4) is 0 Å². The molecule has 0 aliphatic rings. The Labute approximate surface area is 120 Å². The molecule has 110 valence electrons. The lowest BCUT2D eigenvalue weighted by atomic mass is 10.3. The van der Waals surface area contributed by atoms with E-state index in [-0.39, 0.29) is 29.6 Å². The van der Waals surface area contributed by atoms with Gasteiger partial charge in [0.2, 0.25) is 0 Å². The molecule has 1 aromatic heterocycles. The van der Waals surface area contributed by atoms with Gasteiger partial charge in [0.15, 0.2) is 5.69 Å². The van der Waals surface area contributed by atoms with Crippen LogP contribution in [0.5, 0.6) is 0 Å². The molecule has 0 bridgehead atoms. The Morgan fingerprint density at radius 2 is 2.14 bits per heavy atom. The summed E-state index contributed by atoms with van der Waals surface area (Å²) in [6.45, 7) is 0.332. The van der Waals surface area contributed by atoms with E-state index >= 15 is 0 Å². The fraction of sp³-hybridized carbons (Fsp3) is 0.231. The molecule has 1 aromatic carbocycles. The van der Waals surface area contributed by atoms with E-state index in [1.807, 2.05) is 0 Å². The van der Waals surface area contributed by atoms with E-state index in [9.17, 15) is 14.9 Å². The highest BCUT2D eigenvalue weighted by molar-refractivity contribution is 5.92. The minimum atomic E-state index is -0.502. The Morgan fingerprint density at radius 3 is 2.86 bits per heavy atom. The van der Waals surface area contributed by atoms with Crippen molar-refractivity contribution in [3.05, 3.63) is 52.3 Å². The van der Waals surface area contributed by atoms with Crippen molar-refractivity contribution >= 4 is 11.6 Å². The predicted molar refractivity (Wildman–Crippen MR) is 74.3 cm³/mol. The summed E-state index contributed by atoms with van der Waals surface area (Å²) in [5, 5.41) is 26.3. The number of nitrogens with zero attached hydrogens (tertiary/aromatic N) is 3. The normalized spacial score (nSPS) is 10.3. The van der Waals surface area contributed by atoms with Gasteiger partial charge in [-0.3, -0.25) is 14.9 Å². The molecule has 0 saturated heterocycles. The molecule has 21 heavy (non-hydrogen) atoms. The molecule has 0 fully saturated rings. The number of aliphatic hydroxyl groups is 1. The van der Waals surface area contributed by atoms with Crippen molar-refractivity contribution in [1.29, 1.82) is 0 Å². The smallest absolute Gasteiger partial charge is 0.294 e. The van der Waals surface area contributed by atoms with Gasteiger partial charge in [0.05, 0.1) is 4.92 Å². The van der Waals surface area contributed by atoms with Gasteiger partial charge < -0.3 is 10.4 Å². The summed E-state index contributed by atoms with van der Waals surface area (Å²) in [4.78, 5) is 22.3. The zero-order valence-electron chi connectivity index (χ0n) is 11.1. The van der Waals surface area contributed by atoms with E-state index in [1.54, 1.807) is 18.2 Å². The topological polar surface area (TPSA) is 110 Å². The third-order valence-electron chi connectivity index (χ3n) is 2.77. The van der Waals surface area contributed by atoms with Crippen molar-refractivity contribution < 1.29 is 14.8 Å².